The molecule has 0 spiro atoms. The molecule has 11 heteroatoms. The summed E-state index contributed by atoms with van der Waals surface area (Å²) in [5.74, 6) is -0.340. The van der Waals surface area contributed by atoms with Crippen molar-refractivity contribution >= 4 is 18.3 Å². The van der Waals surface area contributed by atoms with Gasteiger partial charge >= 0.3 is 12.3 Å². The van der Waals surface area contributed by atoms with E-state index >= 15 is 0 Å². The van der Waals surface area contributed by atoms with E-state index in [1.807, 2.05) is 6.92 Å². The Kier molecular flexibility index (Phi) is 9.77. The average Bonchev–Trinajstić information content (AvgIpc) is 3.43. The maximum absolute atomic E-state index is 11.2. The predicted octanol–water partition coefficient (Wildman–Crippen LogP) is 3.54. The Morgan fingerprint density at radius 1 is 1.36 bits per heavy atom. The van der Waals surface area contributed by atoms with Gasteiger partial charge in [-0.1, -0.05) is 0 Å². The fourth-order valence-electron chi connectivity index (χ4n) is 1.89. The standard InChI is InChI=1S/C5H9NO2.C4H5F3.C4H5N3O.C4H8O/c1-5(2-3-5)6-4(7)8;5-4(6,7)3-1-2-3;8-3-5-4-1-2-6-7-4;1-2-4-5-3-1/h6H,2-3H2,1H3,(H,7,8);3H,1-2H2;1-3H,(H2,5,6,7,8);1-4H2. The lowest BCUT2D eigenvalue weighted by atomic mass is 10.3. The number of hydrogen-bond acceptors (Lipinski definition) is 4. The second-order valence-electron chi connectivity index (χ2n) is 6.86. The van der Waals surface area contributed by atoms with Crippen LogP contribution < -0.4 is 10.6 Å². The number of nitrogens with zero attached hydrogens (tertiary/aromatic N) is 1. The van der Waals surface area contributed by atoms with Crippen LogP contribution in [-0.4, -0.2) is 52.7 Å². The van der Waals surface area contributed by atoms with Crippen LogP contribution in [0.1, 0.15) is 45.4 Å². The van der Waals surface area contributed by atoms with Crippen LogP contribution >= 0.6 is 0 Å². The van der Waals surface area contributed by atoms with Crippen LogP contribution in [0.25, 0.3) is 0 Å². The zero-order chi connectivity index (χ0) is 21.0. The van der Waals surface area contributed by atoms with Gasteiger partial charge in [0.25, 0.3) is 0 Å². The third-order valence-electron chi connectivity index (χ3n) is 3.99. The Balaban J connectivity index is 0.000000189. The van der Waals surface area contributed by atoms with Crippen LogP contribution in [0, 0.1) is 5.92 Å². The highest BCUT2D eigenvalue weighted by Crippen LogP contribution is 2.43. The summed E-state index contributed by atoms with van der Waals surface area (Å²) < 4.78 is 38.7. The molecule has 1 saturated heterocycles. The van der Waals surface area contributed by atoms with E-state index in [1.165, 1.54) is 12.8 Å². The minimum atomic E-state index is -3.89. The largest absolute Gasteiger partial charge is 0.465 e. The number of amides is 2. The van der Waals surface area contributed by atoms with Crippen LogP contribution in [-0.2, 0) is 9.53 Å². The highest BCUT2D eigenvalue weighted by molar-refractivity contribution is 5.68. The van der Waals surface area contributed by atoms with E-state index in [4.69, 9.17) is 9.84 Å². The minimum Gasteiger partial charge on any atom is -0.465 e. The molecule has 4 rings (SSSR count). The molecule has 2 saturated carbocycles. The fraction of sp³-hybridized carbons (Fsp3) is 0.706. The van der Waals surface area contributed by atoms with Crippen LogP contribution in [0.3, 0.4) is 0 Å². The molecule has 28 heavy (non-hydrogen) atoms. The topological polar surface area (TPSA) is 116 Å². The van der Waals surface area contributed by atoms with E-state index in [0.29, 0.717) is 25.1 Å². The van der Waals surface area contributed by atoms with E-state index in [2.05, 4.69) is 20.8 Å². The van der Waals surface area contributed by atoms with Crippen molar-refractivity contribution in [3.05, 3.63) is 12.3 Å². The second kappa shape index (κ2) is 11.5. The minimum absolute atomic E-state index is 0.0775. The number of aromatic amines is 1. The van der Waals surface area contributed by atoms with Gasteiger partial charge in [0.05, 0.1) is 12.1 Å². The average molecular weight is 408 g/mol. The molecule has 0 radical (unpaired) electrons. The van der Waals surface area contributed by atoms with Gasteiger partial charge in [0, 0.05) is 24.8 Å². The molecule has 1 aliphatic heterocycles. The number of halogens is 3. The molecule has 1 aromatic heterocycles. The molecule has 8 nitrogen and oxygen atoms in total. The molecule has 3 fully saturated rings. The summed E-state index contributed by atoms with van der Waals surface area (Å²) in [5.41, 5.74) is -0.0775. The van der Waals surface area contributed by atoms with E-state index in [-0.39, 0.29) is 5.54 Å². The monoisotopic (exact) mass is 408 g/mol. The summed E-state index contributed by atoms with van der Waals surface area (Å²) in [6.45, 7) is 3.90. The predicted molar refractivity (Wildman–Crippen MR) is 95.9 cm³/mol. The van der Waals surface area contributed by atoms with Crippen LogP contribution in [0.15, 0.2) is 12.3 Å². The maximum Gasteiger partial charge on any atom is 0.405 e. The first-order valence-electron chi connectivity index (χ1n) is 9.01. The van der Waals surface area contributed by atoms with E-state index < -0.39 is 18.2 Å². The third-order valence-corrected chi connectivity index (χ3v) is 3.99. The molecular weight excluding hydrogens is 381 g/mol. The lowest BCUT2D eigenvalue weighted by molar-refractivity contribution is -0.147. The van der Waals surface area contributed by atoms with Gasteiger partial charge in [-0.2, -0.15) is 18.3 Å². The van der Waals surface area contributed by atoms with Gasteiger partial charge in [0.15, 0.2) is 0 Å². The number of aromatic nitrogens is 2. The number of hydrogen-bond donors (Lipinski definition) is 4. The Labute approximate surface area is 161 Å². The van der Waals surface area contributed by atoms with Gasteiger partial charge in [-0.05, 0) is 45.4 Å². The molecule has 2 aliphatic carbocycles. The molecule has 0 aromatic carbocycles. The van der Waals surface area contributed by atoms with Crippen molar-refractivity contribution in [2.24, 2.45) is 5.92 Å². The number of ether oxygens (including phenoxy) is 1. The summed E-state index contributed by atoms with van der Waals surface area (Å²) in [6.07, 6.45) is 2.58. The van der Waals surface area contributed by atoms with E-state index in [9.17, 15) is 22.8 Å². The van der Waals surface area contributed by atoms with Gasteiger partial charge in [0.1, 0.15) is 5.82 Å². The van der Waals surface area contributed by atoms with E-state index in [0.717, 1.165) is 26.1 Å². The molecule has 160 valence electrons. The summed E-state index contributed by atoms with van der Waals surface area (Å²) in [5, 5.41) is 19.1. The molecule has 0 bridgehead atoms. The highest BCUT2D eigenvalue weighted by atomic mass is 19.4. The Morgan fingerprint density at radius 2 is 1.96 bits per heavy atom. The van der Waals surface area contributed by atoms with Crippen molar-refractivity contribution in [2.75, 3.05) is 18.5 Å². The molecule has 2 amide bonds. The van der Waals surface area contributed by atoms with Gasteiger partial charge in [-0.15, -0.1) is 0 Å². The number of nitrogens with one attached hydrogen (secondary N) is 3. The Bertz CT molecular complexity index is 562. The van der Waals surface area contributed by atoms with Crippen LogP contribution in [0.2, 0.25) is 0 Å². The molecule has 4 N–H and O–H groups in total. The summed E-state index contributed by atoms with van der Waals surface area (Å²) in [6, 6.07) is 1.66. The summed E-state index contributed by atoms with van der Waals surface area (Å²) in [4.78, 5) is 19.7. The fourth-order valence-corrected chi connectivity index (χ4v) is 1.89. The van der Waals surface area contributed by atoms with Gasteiger partial charge in [-0.3, -0.25) is 9.89 Å². The lowest BCUT2D eigenvalue weighted by Crippen LogP contribution is -2.32. The molecule has 2 heterocycles. The van der Waals surface area contributed by atoms with Crippen molar-refractivity contribution in [1.29, 1.82) is 0 Å². The Hall–Kier alpha value is -2.30. The number of carbonyl (C=O) groups excluding carboxylic acids is 1. The number of alkyl halides is 3. The van der Waals surface area contributed by atoms with Crippen molar-refractivity contribution in [3.63, 3.8) is 0 Å². The smallest absolute Gasteiger partial charge is 0.405 e. The summed E-state index contributed by atoms with van der Waals surface area (Å²) in [7, 11) is 0. The SMILES string of the molecule is C1CCOC1.CC1(NC(=O)O)CC1.FC(F)(F)C1CC1.O=CNc1ccn[nH]1. The maximum atomic E-state index is 11.2. The highest BCUT2D eigenvalue weighted by Gasteiger charge is 2.46. The molecule has 0 unspecified atom stereocenters. The first kappa shape index (κ1) is 23.7. The quantitative estimate of drug-likeness (QED) is 0.571. The van der Waals surface area contributed by atoms with Gasteiger partial charge in [0.2, 0.25) is 6.41 Å². The number of carboxylic acid groups (broad SMARTS) is 1. The van der Waals surface area contributed by atoms with Gasteiger partial charge < -0.3 is 20.5 Å². The molecule has 0 atom stereocenters. The van der Waals surface area contributed by atoms with Crippen molar-refractivity contribution < 1.29 is 32.6 Å². The molecule has 3 aliphatic rings. The van der Waals surface area contributed by atoms with Crippen LogP contribution in [0.5, 0.6) is 0 Å². The summed E-state index contributed by atoms with van der Waals surface area (Å²) >= 11 is 0. The van der Waals surface area contributed by atoms with Crippen molar-refractivity contribution in [3.8, 4) is 0 Å². The van der Waals surface area contributed by atoms with Crippen molar-refractivity contribution in [1.82, 2.24) is 15.5 Å². The lowest BCUT2D eigenvalue weighted by Gasteiger charge is -2.04. The Morgan fingerprint density at radius 3 is 2.18 bits per heavy atom. The number of carbonyl (C=O) groups is 2. The first-order valence-corrected chi connectivity index (χ1v) is 9.01. The normalized spacial score (nSPS) is 18.7. The zero-order valence-electron chi connectivity index (χ0n) is 15.7. The number of rotatable bonds is 3. The van der Waals surface area contributed by atoms with Crippen LogP contribution in [0.4, 0.5) is 23.8 Å². The second-order valence-corrected chi connectivity index (χ2v) is 6.86. The third kappa shape index (κ3) is 12.2. The number of H-pyrrole nitrogens is 1. The molecule has 1 aromatic rings. The van der Waals surface area contributed by atoms with Gasteiger partial charge in [-0.25, -0.2) is 4.79 Å². The van der Waals surface area contributed by atoms with E-state index in [1.54, 1.807) is 12.3 Å². The molecular formula is C17H27F3N4O4. The zero-order valence-corrected chi connectivity index (χ0v) is 15.7. The first-order chi connectivity index (χ1) is 13.2. The number of anilines is 1. The van der Waals surface area contributed by atoms with Crippen molar-refractivity contribution in [2.45, 2.75) is 57.2 Å².